The van der Waals surface area contributed by atoms with E-state index in [4.69, 9.17) is 4.74 Å². The van der Waals surface area contributed by atoms with Gasteiger partial charge in [0.05, 0.1) is 12.6 Å². The van der Waals surface area contributed by atoms with E-state index in [1.807, 2.05) is 11.8 Å². The summed E-state index contributed by atoms with van der Waals surface area (Å²) in [5, 5.41) is 5.36. The van der Waals surface area contributed by atoms with Crippen molar-refractivity contribution in [2.24, 2.45) is 4.99 Å². The molecule has 0 aromatic carbocycles. The van der Waals surface area contributed by atoms with Crippen LogP contribution in [0.2, 0.25) is 0 Å². The van der Waals surface area contributed by atoms with Gasteiger partial charge in [-0.25, -0.2) is 0 Å². The fraction of sp³-hybridized carbons (Fsp3) is 0.667. The number of likely N-dealkylation sites (tertiary alicyclic amines) is 1. The molecule has 1 amide bonds. The third-order valence-electron chi connectivity index (χ3n) is 4.91. The second kappa shape index (κ2) is 10.5. The summed E-state index contributed by atoms with van der Waals surface area (Å²) < 4.78 is 5.70. The molecule has 1 saturated heterocycles. The second-order valence-electron chi connectivity index (χ2n) is 6.48. The molecular weight excluding hydrogens is 463 g/mol. The molecule has 2 aliphatic rings. The number of guanidine groups is 1. The van der Waals surface area contributed by atoms with E-state index in [0.717, 1.165) is 58.0 Å². The summed E-state index contributed by atoms with van der Waals surface area (Å²) in [7, 11) is 1.78. The topological polar surface area (TPSA) is 57.2 Å². The van der Waals surface area contributed by atoms with Crippen molar-refractivity contribution >= 4 is 47.2 Å². The van der Waals surface area contributed by atoms with Crippen molar-refractivity contribution in [2.75, 3.05) is 39.8 Å². The molecule has 6 nitrogen and oxygen atoms in total. The highest BCUT2D eigenvalue weighted by atomic mass is 127. The molecule has 1 N–H and O–H groups in total. The van der Waals surface area contributed by atoms with Gasteiger partial charge in [0.1, 0.15) is 0 Å². The first-order chi connectivity index (χ1) is 12.2. The first kappa shape index (κ1) is 21.4. The molecule has 0 bridgehead atoms. The maximum absolute atomic E-state index is 12.5. The van der Waals surface area contributed by atoms with Crippen LogP contribution >= 0.6 is 35.3 Å². The second-order valence-corrected chi connectivity index (χ2v) is 7.48. The maximum Gasteiger partial charge on any atom is 0.242 e. The van der Waals surface area contributed by atoms with Crippen molar-refractivity contribution in [3.8, 4) is 0 Å². The fourth-order valence-electron chi connectivity index (χ4n) is 3.53. The van der Waals surface area contributed by atoms with Crippen molar-refractivity contribution in [2.45, 2.75) is 38.8 Å². The van der Waals surface area contributed by atoms with E-state index in [-0.39, 0.29) is 29.9 Å². The Morgan fingerprint density at radius 1 is 1.35 bits per heavy atom. The van der Waals surface area contributed by atoms with Crippen LogP contribution in [-0.4, -0.2) is 67.6 Å². The van der Waals surface area contributed by atoms with Gasteiger partial charge in [0.2, 0.25) is 5.91 Å². The number of carbonyl (C=O) groups excluding carboxylic acids is 1. The summed E-state index contributed by atoms with van der Waals surface area (Å²) in [6, 6.07) is 2.13. The molecule has 26 heavy (non-hydrogen) atoms. The molecule has 0 unspecified atom stereocenters. The van der Waals surface area contributed by atoms with Crippen molar-refractivity contribution < 1.29 is 9.53 Å². The Balaban J connectivity index is 0.00000243. The predicted molar refractivity (Wildman–Crippen MR) is 116 cm³/mol. The SMILES string of the molecule is CCOC1CCN(C(=NC)NCC(=O)N2CCc3sccc3C2)CC1.I. The first-order valence-corrected chi connectivity index (χ1v) is 9.99. The van der Waals surface area contributed by atoms with E-state index in [1.165, 1.54) is 10.4 Å². The number of halogens is 1. The summed E-state index contributed by atoms with van der Waals surface area (Å²) >= 11 is 1.79. The zero-order valence-corrected chi connectivity index (χ0v) is 18.7. The number of nitrogens with one attached hydrogen (secondary N) is 1. The number of nitrogens with zero attached hydrogens (tertiary/aromatic N) is 3. The van der Waals surface area contributed by atoms with Gasteiger partial charge in [-0.2, -0.15) is 0 Å². The summed E-state index contributed by atoms with van der Waals surface area (Å²) in [4.78, 5) is 22.5. The first-order valence-electron chi connectivity index (χ1n) is 9.11. The molecule has 1 aromatic rings. The number of hydrogen-bond acceptors (Lipinski definition) is 4. The normalized spacial score (nSPS) is 18.3. The number of thiophene rings is 1. The molecule has 1 aromatic heterocycles. The third-order valence-corrected chi connectivity index (χ3v) is 5.94. The highest BCUT2D eigenvalue weighted by Gasteiger charge is 2.24. The van der Waals surface area contributed by atoms with Gasteiger partial charge in [0.15, 0.2) is 5.96 Å². The third kappa shape index (κ3) is 5.32. The van der Waals surface area contributed by atoms with Crippen molar-refractivity contribution in [3.05, 3.63) is 21.9 Å². The number of hydrogen-bond donors (Lipinski definition) is 1. The molecule has 0 atom stereocenters. The number of fused-ring (bicyclic) bond motifs is 1. The summed E-state index contributed by atoms with van der Waals surface area (Å²) in [5.74, 6) is 0.957. The minimum Gasteiger partial charge on any atom is -0.378 e. The number of amides is 1. The van der Waals surface area contributed by atoms with Crippen LogP contribution in [0, 0.1) is 0 Å². The van der Waals surface area contributed by atoms with Crippen LogP contribution in [0.1, 0.15) is 30.2 Å². The Bertz CT molecular complexity index is 614. The smallest absolute Gasteiger partial charge is 0.242 e. The molecule has 0 radical (unpaired) electrons. The molecule has 2 aliphatic heterocycles. The quantitative estimate of drug-likeness (QED) is 0.399. The lowest BCUT2D eigenvalue weighted by atomic mass is 10.1. The minimum atomic E-state index is 0. The number of carbonyl (C=O) groups is 1. The van der Waals surface area contributed by atoms with Gasteiger partial charge < -0.3 is 19.9 Å². The van der Waals surface area contributed by atoms with Crippen molar-refractivity contribution in [1.82, 2.24) is 15.1 Å². The molecular formula is C18H29IN4O2S. The Labute approximate surface area is 177 Å². The highest BCUT2D eigenvalue weighted by Crippen LogP contribution is 2.23. The molecule has 3 rings (SSSR count). The van der Waals surface area contributed by atoms with Crippen LogP contribution in [0.25, 0.3) is 0 Å². The molecule has 0 saturated carbocycles. The lowest BCUT2D eigenvalue weighted by Crippen LogP contribution is -2.50. The van der Waals surface area contributed by atoms with Gasteiger partial charge >= 0.3 is 0 Å². The van der Waals surface area contributed by atoms with Gasteiger partial charge in [-0.1, -0.05) is 0 Å². The lowest BCUT2D eigenvalue weighted by molar-refractivity contribution is -0.130. The van der Waals surface area contributed by atoms with E-state index in [9.17, 15) is 4.79 Å². The predicted octanol–water partition coefficient (Wildman–Crippen LogP) is 2.33. The van der Waals surface area contributed by atoms with Gasteiger partial charge in [0, 0.05) is 44.7 Å². The Morgan fingerprint density at radius 3 is 2.81 bits per heavy atom. The number of piperidine rings is 1. The van der Waals surface area contributed by atoms with Gasteiger partial charge in [0.25, 0.3) is 0 Å². The standard InChI is InChI=1S/C18H28N4O2S.HI/c1-3-24-15-4-8-21(9-5-15)18(19-2)20-12-17(23)22-10-6-16-14(13-22)7-11-25-16;/h7,11,15H,3-6,8-10,12-13H2,1-2H3,(H,19,20);1H. The average Bonchev–Trinajstić information content (AvgIpc) is 3.11. The number of rotatable bonds is 4. The highest BCUT2D eigenvalue weighted by molar-refractivity contribution is 14.0. The lowest BCUT2D eigenvalue weighted by Gasteiger charge is -2.34. The van der Waals surface area contributed by atoms with Crippen LogP contribution in [0.5, 0.6) is 0 Å². The van der Waals surface area contributed by atoms with Gasteiger partial charge in [-0.15, -0.1) is 35.3 Å². The zero-order chi connectivity index (χ0) is 17.6. The number of aliphatic imine (C=N–C) groups is 1. The Morgan fingerprint density at radius 2 is 2.12 bits per heavy atom. The minimum absolute atomic E-state index is 0. The fourth-order valence-corrected chi connectivity index (χ4v) is 4.42. The molecule has 3 heterocycles. The molecule has 146 valence electrons. The van der Waals surface area contributed by atoms with E-state index < -0.39 is 0 Å². The van der Waals surface area contributed by atoms with Crippen LogP contribution in [-0.2, 0) is 22.5 Å². The molecule has 1 fully saturated rings. The largest absolute Gasteiger partial charge is 0.378 e. The van der Waals surface area contributed by atoms with Crippen molar-refractivity contribution in [1.29, 1.82) is 0 Å². The summed E-state index contributed by atoms with van der Waals surface area (Å²) in [6.45, 7) is 6.49. The van der Waals surface area contributed by atoms with Crippen LogP contribution in [0.15, 0.2) is 16.4 Å². The zero-order valence-electron chi connectivity index (χ0n) is 15.6. The van der Waals surface area contributed by atoms with Crippen molar-refractivity contribution in [3.63, 3.8) is 0 Å². The number of ether oxygens (including phenoxy) is 1. The van der Waals surface area contributed by atoms with Crippen LogP contribution in [0.3, 0.4) is 0 Å². The van der Waals surface area contributed by atoms with Gasteiger partial charge in [-0.3, -0.25) is 9.79 Å². The Hall–Kier alpha value is -0.870. The molecule has 0 aliphatic carbocycles. The monoisotopic (exact) mass is 492 g/mol. The van der Waals surface area contributed by atoms with Gasteiger partial charge in [-0.05, 0) is 43.2 Å². The summed E-state index contributed by atoms with van der Waals surface area (Å²) in [5.41, 5.74) is 1.30. The Kier molecular flexibility index (Phi) is 8.62. The van der Waals surface area contributed by atoms with E-state index in [0.29, 0.717) is 12.6 Å². The average molecular weight is 492 g/mol. The van der Waals surface area contributed by atoms with E-state index in [2.05, 4.69) is 26.7 Å². The molecule has 8 heteroatoms. The van der Waals surface area contributed by atoms with E-state index >= 15 is 0 Å². The van der Waals surface area contributed by atoms with E-state index in [1.54, 1.807) is 18.4 Å². The maximum atomic E-state index is 12.5. The van der Waals surface area contributed by atoms with Crippen LogP contribution < -0.4 is 5.32 Å². The summed E-state index contributed by atoms with van der Waals surface area (Å²) in [6.07, 6.45) is 3.35. The molecule has 0 spiro atoms. The van der Waals surface area contributed by atoms with Crippen LogP contribution in [0.4, 0.5) is 0 Å².